The summed E-state index contributed by atoms with van der Waals surface area (Å²) in [4.78, 5) is 22.7. The van der Waals surface area contributed by atoms with Crippen molar-refractivity contribution in [3.63, 3.8) is 0 Å². The number of aliphatic imine (C=N–C) groups is 1. The number of benzene rings is 1. The monoisotopic (exact) mass is 477 g/mol. The van der Waals surface area contributed by atoms with Gasteiger partial charge >= 0.3 is 0 Å². The Bertz CT molecular complexity index is 1180. The molecule has 0 bridgehead atoms. The lowest BCUT2D eigenvalue weighted by Crippen LogP contribution is -2.39. The summed E-state index contributed by atoms with van der Waals surface area (Å²) in [6.45, 7) is 4.99. The highest BCUT2D eigenvalue weighted by molar-refractivity contribution is 7.14. The number of hydrogen-bond donors (Lipinski definition) is 4. The predicted molar refractivity (Wildman–Crippen MR) is 141 cm³/mol. The molecule has 0 unspecified atom stereocenters. The van der Waals surface area contributed by atoms with Gasteiger partial charge in [-0.1, -0.05) is 24.3 Å². The van der Waals surface area contributed by atoms with Crippen LogP contribution in [0.2, 0.25) is 0 Å². The number of carbonyl (C=O) groups is 1. The summed E-state index contributed by atoms with van der Waals surface area (Å²) in [5, 5.41) is 10.6. The lowest BCUT2D eigenvalue weighted by atomic mass is 9.99. The molecule has 34 heavy (non-hydrogen) atoms. The number of carbonyl (C=O) groups excluding carboxylic acids is 1. The molecule has 9 heteroatoms. The van der Waals surface area contributed by atoms with Gasteiger partial charge in [0.25, 0.3) is 5.91 Å². The van der Waals surface area contributed by atoms with Crippen molar-refractivity contribution >= 4 is 46.0 Å². The number of aryl methyl sites for hydroxylation is 1. The summed E-state index contributed by atoms with van der Waals surface area (Å²) in [7, 11) is 1.70. The Labute approximate surface area is 204 Å². The van der Waals surface area contributed by atoms with Gasteiger partial charge in [-0.3, -0.25) is 15.2 Å². The van der Waals surface area contributed by atoms with Crippen LogP contribution in [0.4, 0.5) is 5.69 Å². The van der Waals surface area contributed by atoms with Crippen LogP contribution in [0.3, 0.4) is 0 Å². The summed E-state index contributed by atoms with van der Waals surface area (Å²) in [6, 6.07) is 9.97. The van der Waals surface area contributed by atoms with Crippen LogP contribution in [-0.2, 0) is 0 Å². The third-order valence-corrected chi connectivity index (χ3v) is 7.36. The zero-order chi connectivity index (χ0) is 24.2. The standard InChI is InChI=1S/C25H31N7OS/c1-16-21(19-9-11-31(12-10-19)24(26)27)15-22(34-16)23(33)30-20-5-3-17(4-6-20)18-7-13-32(14-8-18)25(28)29-2/h3-7,9,15H,8,10-14H2,1-2H3,(H3,26,27)(H2,28,29)(H,30,33). The Balaban J connectivity index is 1.40. The van der Waals surface area contributed by atoms with Crippen LogP contribution in [-0.4, -0.2) is 60.9 Å². The molecule has 0 spiro atoms. The average Bonchev–Trinajstić information content (AvgIpc) is 3.26. The van der Waals surface area contributed by atoms with E-state index in [1.165, 1.54) is 22.5 Å². The summed E-state index contributed by atoms with van der Waals surface area (Å²) < 4.78 is 0. The molecular weight excluding hydrogens is 446 g/mol. The highest BCUT2D eigenvalue weighted by Crippen LogP contribution is 2.32. The summed E-state index contributed by atoms with van der Waals surface area (Å²) in [6.07, 6.45) is 5.99. The minimum absolute atomic E-state index is 0.0980. The lowest BCUT2D eigenvalue weighted by molar-refractivity contribution is 0.103. The topological polar surface area (TPSA) is 124 Å². The van der Waals surface area contributed by atoms with Crippen molar-refractivity contribution in [1.29, 1.82) is 5.41 Å². The Morgan fingerprint density at radius 3 is 2.29 bits per heavy atom. The van der Waals surface area contributed by atoms with E-state index in [-0.39, 0.29) is 11.9 Å². The van der Waals surface area contributed by atoms with Crippen molar-refractivity contribution in [1.82, 2.24) is 9.80 Å². The van der Waals surface area contributed by atoms with Crippen LogP contribution in [0, 0.1) is 12.3 Å². The van der Waals surface area contributed by atoms with E-state index >= 15 is 0 Å². The molecule has 0 fully saturated rings. The summed E-state index contributed by atoms with van der Waals surface area (Å²) in [5.41, 5.74) is 17.0. The van der Waals surface area contributed by atoms with Crippen LogP contribution in [0.1, 0.15) is 38.5 Å². The minimum Gasteiger partial charge on any atom is -0.370 e. The van der Waals surface area contributed by atoms with Crippen molar-refractivity contribution < 1.29 is 4.79 Å². The fraction of sp³-hybridized carbons (Fsp3) is 0.320. The number of guanidine groups is 2. The molecule has 1 aromatic carbocycles. The molecule has 0 saturated carbocycles. The number of anilines is 1. The number of rotatable bonds is 4. The molecular formula is C25H31N7OS. The van der Waals surface area contributed by atoms with Crippen LogP contribution in [0.5, 0.6) is 0 Å². The van der Waals surface area contributed by atoms with Crippen LogP contribution < -0.4 is 16.8 Å². The van der Waals surface area contributed by atoms with Gasteiger partial charge in [0.15, 0.2) is 11.9 Å². The second kappa shape index (κ2) is 10.1. The van der Waals surface area contributed by atoms with E-state index in [0.29, 0.717) is 17.4 Å². The maximum Gasteiger partial charge on any atom is 0.265 e. The molecule has 0 aliphatic carbocycles. The van der Waals surface area contributed by atoms with Crippen molar-refractivity contribution in [3.8, 4) is 0 Å². The molecule has 1 aromatic heterocycles. The molecule has 3 heterocycles. The van der Waals surface area contributed by atoms with E-state index in [9.17, 15) is 4.79 Å². The molecule has 0 saturated heterocycles. The van der Waals surface area contributed by atoms with Crippen LogP contribution >= 0.6 is 11.3 Å². The highest BCUT2D eigenvalue weighted by Gasteiger charge is 2.19. The zero-order valence-electron chi connectivity index (χ0n) is 19.6. The fourth-order valence-corrected chi connectivity index (χ4v) is 5.24. The number of hydrogen-bond acceptors (Lipinski definition) is 4. The first-order chi connectivity index (χ1) is 16.4. The molecule has 1 amide bonds. The molecule has 6 N–H and O–H groups in total. The van der Waals surface area contributed by atoms with E-state index in [1.807, 2.05) is 42.2 Å². The molecule has 0 radical (unpaired) electrons. The third-order valence-electron chi connectivity index (χ3n) is 6.31. The van der Waals surface area contributed by atoms with Crippen molar-refractivity contribution in [2.75, 3.05) is 38.5 Å². The Kier molecular flexibility index (Phi) is 7.02. The van der Waals surface area contributed by atoms with Gasteiger partial charge < -0.3 is 26.6 Å². The van der Waals surface area contributed by atoms with E-state index in [4.69, 9.17) is 16.9 Å². The van der Waals surface area contributed by atoms with Crippen molar-refractivity contribution in [2.24, 2.45) is 16.5 Å². The summed E-state index contributed by atoms with van der Waals surface area (Å²) in [5.74, 6) is 0.565. The lowest BCUT2D eigenvalue weighted by Gasteiger charge is -2.27. The van der Waals surface area contributed by atoms with Crippen LogP contribution in [0.25, 0.3) is 11.1 Å². The van der Waals surface area contributed by atoms with E-state index in [0.717, 1.165) is 54.2 Å². The average molecular weight is 478 g/mol. The molecule has 2 aromatic rings. The quantitative estimate of drug-likeness (QED) is 0.397. The van der Waals surface area contributed by atoms with E-state index in [2.05, 4.69) is 27.4 Å². The molecule has 178 valence electrons. The zero-order valence-corrected chi connectivity index (χ0v) is 20.4. The van der Waals surface area contributed by atoms with Crippen molar-refractivity contribution in [2.45, 2.75) is 19.8 Å². The van der Waals surface area contributed by atoms with Gasteiger partial charge in [0.05, 0.1) is 4.88 Å². The SMILES string of the molecule is C/N=C(\N)N1CC=C(c2ccc(NC(=O)c3cc(C4=CCN(C(=N)N)CC4)c(C)s3)cc2)CC1. The van der Waals surface area contributed by atoms with Gasteiger partial charge in [0.1, 0.15) is 0 Å². The summed E-state index contributed by atoms with van der Waals surface area (Å²) >= 11 is 1.51. The fourth-order valence-electron chi connectivity index (χ4n) is 4.29. The number of nitrogens with one attached hydrogen (secondary N) is 2. The Morgan fingerprint density at radius 1 is 1.06 bits per heavy atom. The van der Waals surface area contributed by atoms with Crippen LogP contribution in [0.15, 0.2) is 47.5 Å². The Morgan fingerprint density at radius 2 is 1.71 bits per heavy atom. The number of amides is 1. The maximum absolute atomic E-state index is 12.9. The first-order valence-corrected chi connectivity index (χ1v) is 12.1. The first-order valence-electron chi connectivity index (χ1n) is 11.3. The largest absolute Gasteiger partial charge is 0.370 e. The van der Waals surface area contributed by atoms with Crippen molar-refractivity contribution in [3.05, 3.63) is 63.4 Å². The third kappa shape index (κ3) is 5.14. The van der Waals surface area contributed by atoms with E-state index < -0.39 is 0 Å². The maximum atomic E-state index is 12.9. The number of nitrogens with two attached hydrogens (primary N) is 2. The highest BCUT2D eigenvalue weighted by atomic mass is 32.1. The normalized spacial score (nSPS) is 16.7. The molecule has 4 rings (SSSR count). The van der Waals surface area contributed by atoms with Gasteiger partial charge in [0, 0.05) is 43.8 Å². The first kappa shape index (κ1) is 23.6. The molecule has 0 atom stereocenters. The molecule has 2 aliphatic heterocycles. The minimum atomic E-state index is -0.101. The molecule has 8 nitrogen and oxygen atoms in total. The van der Waals surface area contributed by atoms with Gasteiger partial charge in [-0.2, -0.15) is 0 Å². The van der Waals surface area contributed by atoms with Gasteiger partial charge in [0.2, 0.25) is 0 Å². The van der Waals surface area contributed by atoms with Gasteiger partial charge in [-0.25, -0.2) is 0 Å². The Hall–Kier alpha value is -3.59. The van der Waals surface area contributed by atoms with Gasteiger partial charge in [-0.05, 0) is 60.2 Å². The van der Waals surface area contributed by atoms with E-state index in [1.54, 1.807) is 7.05 Å². The smallest absolute Gasteiger partial charge is 0.265 e. The number of nitrogens with zero attached hydrogens (tertiary/aromatic N) is 3. The second-order valence-corrected chi connectivity index (χ2v) is 9.69. The second-order valence-electron chi connectivity index (χ2n) is 8.43. The van der Waals surface area contributed by atoms with Gasteiger partial charge in [-0.15, -0.1) is 11.3 Å². The number of thiophene rings is 1. The molecule has 2 aliphatic rings. The predicted octanol–water partition coefficient (Wildman–Crippen LogP) is 3.32.